The van der Waals surface area contributed by atoms with E-state index < -0.39 is 0 Å². The van der Waals surface area contributed by atoms with Crippen LogP contribution in [0.4, 0.5) is 4.39 Å². The van der Waals surface area contributed by atoms with Crippen molar-refractivity contribution in [2.24, 2.45) is 5.92 Å². The van der Waals surface area contributed by atoms with Crippen molar-refractivity contribution in [3.05, 3.63) is 66.0 Å². The maximum atomic E-state index is 13.2. The van der Waals surface area contributed by atoms with E-state index in [0.717, 1.165) is 11.3 Å². The number of amides is 2. The van der Waals surface area contributed by atoms with Gasteiger partial charge in [-0.1, -0.05) is 30.3 Å². The van der Waals surface area contributed by atoms with E-state index in [-0.39, 0.29) is 36.1 Å². The molecule has 6 nitrogen and oxygen atoms in total. The molecule has 2 heterocycles. The number of morpholine rings is 1. The van der Waals surface area contributed by atoms with Crippen LogP contribution >= 0.6 is 0 Å². The minimum atomic E-state index is -0.318. The summed E-state index contributed by atoms with van der Waals surface area (Å²) < 4.78 is 24.8. The summed E-state index contributed by atoms with van der Waals surface area (Å²) in [6.07, 6.45) is 1.06. The molecule has 0 radical (unpaired) electrons. The summed E-state index contributed by atoms with van der Waals surface area (Å²) in [7, 11) is 0. The van der Waals surface area contributed by atoms with Crippen molar-refractivity contribution >= 4 is 11.8 Å². The highest BCUT2D eigenvalue weighted by Crippen LogP contribution is 2.27. The normalized spacial score (nSPS) is 21.3. The first-order valence-electron chi connectivity index (χ1n) is 11.2. The van der Waals surface area contributed by atoms with Crippen molar-refractivity contribution in [1.82, 2.24) is 9.80 Å². The van der Waals surface area contributed by atoms with Gasteiger partial charge in [0.25, 0.3) is 0 Å². The number of halogens is 1. The number of piperidine rings is 1. The Hall–Kier alpha value is -2.93. The van der Waals surface area contributed by atoms with E-state index >= 15 is 0 Å². The van der Waals surface area contributed by atoms with Crippen LogP contribution in [-0.2, 0) is 20.7 Å². The molecule has 4 rings (SSSR count). The van der Waals surface area contributed by atoms with Crippen molar-refractivity contribution in [3.63, 3.8) is 0 Å². The SMILES string of the molecule is O=C(C[C@H]1CN(C(=O)Cc2ccc(F)cc2)CC[C@@H]1Oc1ccccc1)N1CCOCC1. The summed E-state index contributed by atoms with van der Waals surface area (Å²) in [5.74, 6) is 0.414. The second-order valence-corrected chi connectivity index (χ2v) is 8.36. The van der Waals surface area contributed by atoms with Gasteiger partial charge >= 0.3 is 0 Å². The van der Waals surface area contributed by atoms with Crippen LogP contribution in [0.2, 0.25) is 0 Å². The molecule has 0 unspecified atom stereocenters. The number of benzene rings is 2. The molecule has 2 saturated heterocycles. The van der Waals surface area contributed by atoms with Crippen LogP contribution in [0.3, 0.4) is 0 Å². The van der Waals surface area contributed by atoms with E-state index in [0.29, 0.717) is 52.2 Å². The molecule has 170 valence electrons. The molecule has 7 heteroatoms. The third-order valence-electron chi connectivity index (χ3n) is 6.12. The molecule has 0 aliphatic carbocycles. The number of para-hydroxylation sites is 1. The fourth-order valence-electron chi connectivity index (χ4n) is 4.32. The van der Waals surface area contributed by atoms with Crippen LogP contribution in [-0.4, -0.2) is 67.1 Å². The molecule has 0 aromatic heterocycles. The fourth-order valence-corrected chi connectivity index (χ4v) is 4.32. The number of hydrogen-bond donors (Lipinski definition) is 0. The first-order chi connectivity index (χ1) is 15.6. The maximum Gasteiger partial charge on any atom is 0.227 e. The van der Waals surface area contributed by atoms with E-state index in [1.165, 1.54) is 12.1 Å². The molecule has 2 aromatic rings. The van der Waals surface area contributed by atoms with Gasteiger partial charge in [0.2, 0.25) is 11.8 Å². The highest BCUT2D eigenvalue weighted by molar-refractivity contribution is 5.79. The van der Waals surface area contributed by atoms with E-state index in [1.54, 1.807) is 12.1 Å². The van der Waals surface area contributed by atoms with E-state index in [2.05, 4.69) is 0 Å². The number of carbonyl (C=O) groups excluding carboxylic acids is 2. The molecule has 2 fully saturated rings. The third kappa shape index (κ3) is 5.85. The smallest absolute Gasteiger partial charge is 0.227 e. The summed E-state index contributed by atoms with van der Waals surface area (Å²) in [5, 5.41) is 0. The number of nitrogens with zero attached hydrogens (tertiary/aromatic N) is 2. The van der Waals surface area contributed by atoms with Crippen LogP contribution in [0.25, 0.3) is 0 Å². The molecular formula is C25H29FN2O4. The van der Waals surface area contributed by atoms with Gasteiger partial charge in [0.05, 0.1) is 19.6 Å². The van der Waals surface area contributed by atoms with Crippen LogP contribution in [0.15, 0.2) is 54.6 Å². The Kier molecular flexibility index (Phi) is 7.37. The lowest BCUT2D eigenvalue weighted by Gasteiger charge is -2.39. The lowest BCUT2D eigenvalue weighted by Crippen LogP contribution is -2.50. The van der Waals surface area contributed by atoms with Gasteiger partial charge in [-0.2, -0.15) is 0 Å². The Bertz CT molecular complexity index is 900. The average molecular weight is 441 g/mol. The van der Waals surface area contributed by atoms with Crippen molar-refractivity contribution < 1.29 is 23.5 Å². The number of hydrogen-bond acceptors (Lipinski definition) is 4. The predicted molar refractivity (Wildman–Crippen MR) is 118 cm³/mol. The van der Waals surface area contributed by atoms with Gasteiger partial charge < -0.3 is 19.3 Å². The molecule has 0 saturated carbocycles. The molecule has 32 heavy (non-hydrogen) atoms. The van der Waals surface area contributed by atoms with Crippen molar-refractivity contribution in [2.75, 3.05) is 39.4 Å². The Morgan fingerprint density at radius 2 is 1.66 bits per heavy atom. The van der Waals surface area contributed by atoms with Gasteiger partial charge in [-0.25, -0.2) is 4.39 Å². The Morgan fingerprint density at radius 1 is 0.938 bits per heavy atom. The molecule has 2 aromatic carbocycles. The molecule has 0 bridgehead atoms. The van der Waals surface area contributed by atoms with Crippen LogP contribution < -0.4 is 4.74 Å². The van der Waals surface area contributed by atoms with Gasteiger partial charge in [0, 0.05) is 44.9 Å². The molecular weight excluding hydrogens is 411 g/mol. The van der Waals surface area contributed by atoms with Gasteiger partial charge in [-0.05, 0) is 29.8 Å². The fraction of sp³-hybridized carbons (Fsp3) is 0.440. The zero-order valence-electron chi connectivity index (χ0n) is 18.1. The van der Waals surface area contributed by atoms with Gasteiger partial charge in [0.1, 0.15) is 17.7 Å². The van der Waals surface area contributed by atoms with Crippen LogP contribution in [0.1, 0.15) is 18.4 Å². The number of likely N-dealkylation sites (tertiary alicyclic amines) is 1. The van der Waals surface area contributed by atoms with Crippen molar-refractivity contribution in [1.29, 1.82) is 0 Å². The summed E-state index contributed by atoms with van der Waals surface area (Å²) in [6.45, 7) is 3.35. The van der Waals surface area contributed by atoms with Gasteiger partial charge in [0.15, 0.2) is 0 Å². The molecule has 2 aliphatic rings. The Labute approximate surface area is 187 Å². The first-order valence-corrected chi connectivity index (χ1v) is 11.2. The summed E-state index contributed by atoms with van der Waals surface area (Å²) >= 11 is 0. The average Bonchev–Trinajstić information content (AvgIpc) is 2.83. The standard InChI is InChI=1S/C25H29FN2O4/c26-21-8-6-19(7-9-21)16-24(29)28-11-10-23(32-22-4-2-1-3-5-22)20(18-28)17-25(30)27-12-14-31-15-13-27/h1-9,20,23H,10-18H2/t20-,23-/m0/s1. The number of ether oxygens (including phenoxy) is 2. The third-order valence-corrected chi connectivity index (χ3v) is 6.12. The molecule has 0 N–H and O–H groups in total. The minimum absolute atomic E-state index is 0.0152. The topological polar surface area (TPSA) is 59.1 Å². The van der Waals surface area contributed by atoms with Crippen LogP contribution in [0.5, 0.6) is 5.75 Å². The van der Waals surface area contributed by atoms with E-state index in [9.17, 15) is 14.0 Å². The minimum Gasteiger partial charge on any atom is -0.490 e. The highest BCUT2D eigenvalue weighted by atomic mass is 19.1. The van der Waals surface area contributed by atoms with Gasteiger partial charge in [-0.3, -0.25) is 9.59 Å². The molecule has 2 aliphatic heterocycles. The molecule has 0 spiro atoms. The van der Waals surface area contributed by atoms with Crippen molar-refractivity contribution in [3.8, 4) is 5.75 Å². The zero-order valence-corrected chi connectivity index (χ0v) is 18.1. The lowest BCUT2D eigenvalue weighted by molar-refractivity contribution is -0.141. The van der Waals surface area contributed by atoms with E-state index in [1.807, 2.05) is 40.1 Å². The summed E-state index contributed by atoms with van der Waals surface area (Å²) in [4.78, 5) is 29.5. The lowest BCUT2D eigenvalue weighted by atomic mass is 9.90. The summed E-state index contributed by atoms with van der Waals surface area (Å²) in [6, 6.07) is 15.6. The monoisotopic (exact) mass is 440 g/mol. The Balaban J connectivity index is 1.43. The quantitative estimate of drug-likeness (QED) is 0.693. The van der Waals surface area contributed by atoms with E-state index in [4.69, 9.17) is 9.47 Å². The van der Waals surface area contributed by atoms with Gasteiger partial charge in [-0.15, -0.1) is 0 Å². The zero-order chi connectivity index (χ0) is 22.3. The second-order valence-electron chi connectivity index (χ2n) is 8.36. The molecule has 2 atom stereocenters. The maximum absolute atomic E-state index is 13.2. The highest BCUT2D eigenvalue weighted by Gasteiger charge is 2.35. The molecule has 2 amide bonds. The predicted octanol–water partition coefficient (Wildman–Crippen LogP) is 2.91. The van der Waals surface area contributed by atoms with Crippen molar-refractivity contribution in [2.45, 2.75) is 25.4 Å². The number of carbonyl (C=O) groups is 2. The largest absolute Gasteiger partial charge is 0.490 e. The summed E-state index contributed by atoms with van der Waals surface area (Å²) in [5.41, 5.74) is 0.778. The second kappa shape index (κ2) is 10.6. The Morgan fingerprint density at radius 3 is 2.38 bits per heavy atom. The van der Waals surface area contributed by atoms with Crippen LogP contribution in [0, 0.1) is 11.7 Å². The number of rotatable bonds is 6. The first kappa shape index (κ1) is 22.3.